The molecule has 1 aromatic carbocycles. The zero-order valence-corrected chi connectivity index (χ0v) is 16.8. The number of carbonyl (C=O) groups is 1. The largest absolute Gasteiger partial charge is 0.352 e. The Bertz CT molecular complexity index is 1170. The fraction of sp³-hybridized carbons (Fsp3) is 0.381. The Morgan fingerprint density at radius 1 is 1.18 bits per heavy atom. The molecule has 1 fully saturated rings. The van der Waals surface area contributed by atoms with Crippen LogP contribution < -0.4 is 16.6 Å². The lowest BCUT2D eigenvalue weighted by Gasteiger charge is -2.16. The zero-order valence-electron chi connectivity index (χ0n) is 16.0. The number of thiophene rings is 1. The molecule has 146 valence electrons. The van der Waals surface area contributed by atoms with Gasteiger partial charge in [-0.15, -0.1) is 11.3 Å². The van der Waals surface area contributed by atoms with Gasteiger partial charge >= 0.3 is 5.69 Å². The van der Waals surface area contributed by atoms with Gasteiger partial charge in [0.15, 0.2) is 0 Å². The van der Waals surface area contributed by atoms with Crippen LogP contribution in [0.5, 0.6) is 0 Å². The summed E-state index contributed by atoms with van der Waals surface area (Å²) in [5, 5.41) is 4.80. The molecule has 0 spiro atoms. The molecule has 6 nitrogen and oxygen atoms in total. The number of hydrogen-bond donors (Lipinski definition) is 1. The zero-order chi connectivity index (χ0) is 19.8. The maximum atomic E-state index is 13.3. The minimum Gasteiger partial charge on any atom is -0.352 e. The third-order valence-electron chi connectivity index (χ3n) is 5.37. The van der Waals surface area contributed by atoms with Gasteiger partial charge in [0.25, 0.3) is 5.56 Å². The maximum absolute atomic E-state index is 13.3. The highest BCUT2D eigenvalue weighted by Crippen LogP contribution is 2.19. The number of fused-ring (bicyclic) bond motifs is 1. The second-order valence-electron chi connectivity index (χ2n) is 7.48. The van der Waals surface area contributed by atoms with Gasteiger partial charge in [-0.05, 0) is 49.8 Å². The van der Waals surface area contributed by atoms with Gasteiger partial charge in [0.2, 0.25) is 5.91 Å². The number of nitrogens with one attached hydrogen (secondary N) is 1. The number of nitrogens with zero attached hydrogens (tertiary/aromatic N) is 2. The summed E-state index contributed by atoms with van der Waals surface area (Å²) in [4.78, 5) is 38.9. The normalized spacial score (nSPS) is 14.6. The third kappa shape index (κ3) is 3.30. The van der Waals surface area contributed by atoms with Crippen LogP contribution in [0.2, 0.25) is 0 Å². The molecule has 1 N–H and O–H groups in total. The first-order valence-corrected chi connectivity index (χ1v) is 10.4. The molecule has 1 aliphatic carbocycles. The van der Waals surface area contributed by atoms with Crippen LogP contribution >= 0.6 is 11.3 Å². The van der Waals surface area contributed by atoms with E-state index in [0.717, 1.165) is 36.8 Å². The Labute approximate surface area is 166 Å². The van der Waals surface area contributed by atoms with Gasteiger partial charge in [-0.25, -0.2) is 9.36 Å². The van der Waals surface area contributed by atoms with Crippen molar-refractivity contribution >= 4 is 27.5 Å². The van der Waals surface area contributed by atoms with E-state index in [0.29, 0.717) is 15.9 Å². The average molecular weight is 398 g/mol. The molecule has 0 radical (unpaired) electrons. The molecule has 0 atom stereocenters. The maximum Gasteiger partial charge on any atom is 0.336 e. The van der Waals surface area contributed by atoms with Crippen LogP contribution in [0.15, 0.2) is 39.2 Å². The van der Waals surface area contributed by atoms with Gasteiger partial charge in [0.05, 0.1) is 11.2 Å². The second kappa shape index (κ2) is 7.39. The standard InChI is InChI=1S/C21H23N3O3S/c1-13-7-8-16(14(2)11-13)24-20(26)19-17(9-10-28-19)23(21(24)27)12-18(25)22-15-5-3-4-6-15/h7-11,15H,3-6,12H2,1-2H3,(H,22,25). The van der Waals surface area contributed by atoms with E-state index in [-0.39, 0.29) is 24.1 Å². The van der Waals surface area contributed by atoms with Crippen molar-refractivity contribution in [1.29, 1.82) is 0 Å². The molecule has 1 amide bonds. The number of aromatic nitrogens is 2. The first-order chi connectivity index (χ1) is 13.5. The predicted octanol–water partition coefficient (Wildman–Crippen LogP) is 2.89. The summed E-state index contributed by atoms with van der Waals surface area (Å²) >= 11 is 1.29. The number of rotatable bonds is 4. The molecule has 3 aromatic rings. The number of hydrogen-bond acceptors (Lipinski definition) is 4. The van der Waals surface area contributed by atoms with Crippen LogP contribution in [0.4, 0.5) is 0 Å². The van der Waals surface area contributed by atoms with E-state index in [1.165, 1.54) is 20.5 Å². The van der Waals surface area contributed by atoms with Crippen LogP contribution in [0.25, 0.3) is 15.9 Å². The topological polar surface area (TPSA) is 73.1 Å². The van der Waals surface area contributed by atoms with Gasteiger partial charge < -0.3 is 5.32 Å². The molecule has 4 rings (SSSR count). The molecular formula is C21H23N3O3S. The highest BCUT2D eigenvalue weighted by molar-refractivity contribution is 7.17. The summed E-state index contributed by atoms with van der Waals surface area (Å²) in [6.45, 7) is 3.76. The van der Waals surface area contributed by atoms with E-state index in [9.17, 15) is 14.4 Å². The molecule has 1 saturated carbocycles. The van der Waals surface area contributed by atoms with Crippen molar-refractivity contribution in [3.05, 3.63) is 61.6 Å². The van der Waals surface area contributed by atoms with E-state index < -0.39 is 5.69 Å². The molecular weight excluding hydrogens is 374 g/mol. The quantitative estimate of drug-likeness (QED) is 0.736. The van der Waals surface area contributed by atoms with Crippen molar-refractivity contribution in [2.75, 3.05) is 0 Å². The van der Waals surface area contributed by atoms with Gasteiger partial charge in [-0.3, -0.25) is 14.2 Å². The van der Waals surface area contributed by atoms with Crippen molar-refractivity contribution < 1.29 is 4.79 Å². The van der Waals surface area contributed by atoms with Crippen molar-refractivity contribution in [2.45, 2.75) is 52.1 Å². The third-order valence-corrected chi connectivity index (χ3v) is 6.26. The van der Waals surface area contributed by atoms with E-state index in [1.54, 1.807) is 17.5 Å². The Kier molecular flexibility index (Phi) is 4.93. The number of amides is 1. The smallest absolute Gasteiger partial charge is 0.336 e. The van der Waals surface area contributed by atoms with E-state index in [1.807, 2.05) is 26.0 Å². The number of carbonyl (C=O) groups excluding carboxylic acids is 1. The fourth-order valence-corrected chi connectivity index (χ4v) is 4.82. The predicted molar refractivity (Wildman–Crippen MR) is 112 cm³/mol. The van der Waals surface area contributed by atoms with Crippen molar-refractivity contribution in [3.8, 4) is 5.69 Å². The molecule has 28 heavy (non-hydrogen) atoms. The van der Waals surface area contributed by atoms with Crippen LogP contribution in [0.1, 0.15) is 36.8 Å². The Balaban J connectivity index is 1.82. The Hall–Kier alpha value is -2.67. The Morgan fingerprint density at radius 3 is 2.64 bits per heavy atom. The van der Waals surface area contributed by atoms with Crippen LogP contribution in [-0.2, 0) is 11.3 Å². The fourth-order valence-electron chi connectivity index (χ4n) is 4.00. The lowest BCUT2D eigenvalue weighted by molar-refractivity contribution is -0.122. The summed E-state index contributed by atoms with van der Waals surface area (Å²) in [6, 6.07) is 7.53. The van der Waals surface area contributed by atoms with Crippen LogP contribution in [0, 0.1) is 13.8 Å². The van der Waals surface area contributed by atoms with Gasteiger partial charge in [-0.1, -0.05) is 30.5 Å². The summed E-state index contributed by atoms with van der Waals surface area (Å²) in [5.74, 6) is -0.188. The van der Waals surface area contributed by atoms with E-state index in [2.05, 4.69) is 5.32 Å². The first-order valence-electron chi connectivity index (χ1n) is 9.56. The lowest BCUT2D eigenvalue weighted by Crippen LogP contribution is -2.43. The molecule has 0 bridgehead atoms. The summed E-state index contributed by atoms with van der Waals surface area (Å²) in [6.07, 6.45) is 4.21. The summed E-state index contributed by atoms with van der Waals surface area (Å²) in [7, 11) is 0. The molecule has 2 aromatic heterocycles. The highest BCUT2D eigenvalue weighted by Gasteiger charge is 2.21. The lowest BCUT2D eigenvalue weighted by atomic mass is 10.1. The van der Waals surface area contributed by atoms with Gasteiger partial charge in [-0.2, -0.15) is 0 Å². The average Bonchev–Trinajstić information content (AvgIpc) is 3.32. The summed E-state index contributed by atoms with van der Waals surface area (Å²) < 4.78 is 3.08. The van der Waals surface area contributed by atoms with Crippen LogP contribution in [0.3, 0.4) is 0 Å². The molecule has 0 unspecified atom stereocenters. The minimum atomic E-state index is -0.482. The monoisotopic (exact) mass is 397 g/mol. The first kappa shape index (κ1) is 18.7. The second-order valence-corrected chi connectivity index (χ2v) is 8.40. The van der Waals surface area contributed by atoms with Crippen molar-refractivity contribution in [1.82, 2.24) is 14.5 Å². The molecule has 2 heterocycles. The number of aryl methyl sites for hydroxylation is 2. The molecule has 0 aliphatic heterocycles. The van der Waals surface area contributed by atoms with Crippen LogP contribution in [-0.4, -0.2) is 21.1 Å². The highest BCUT2D eigenvalue weighted by atomic mass is 32.1. The van der Waals surface area contributed by atoms with E-state index >= 15 is 0 Å². The minimum absolute atomic E-state index is 0.0895. The summed E-state index contributed by atoms with van der Waals surface area (Å²) in [5.41, 5.74) is 2.15. The van der Waals surface area contributed by atoms with Gasteiger partial charge in [0, 0.05) is 6.04 Å². The molecule has 7 heteroatoms. The Morgan fingerprint density at radius 2 is 1.93 bits per heavy atom. The van der Waals surface area contributed by atoms with Crippen molar-refractivity contribution in [2.24, 2.45) is 0 Å². The molecule has 1 aliphatic rings. The van der Waals surface area contributed by atoms with Gasteiger partial charge in [0.1, 0.15) is 11.2 Å². The molecule has 0 saturated heterocycles. The van der Waals surface area contributed by atoms with E-state index in [4.69, 9.17) is 0 Å². The number of benzene rings is 1. The van der Waals surface area contributed by atoms with Crippen molar-refractivity contribution in [3.63, 3.8) is 0 Å². The SMILES string of the molecule is Cc1ccc(-n2c(=O)c3sccc3n(CC(=O)NC3CCCC3)c2=O)c(C)c1.